The van der Waals surface area contributed by atoms with Gasteiger partial charge in [-0.15, -0.1) is 0 Å². The van der Waals surface area contributed by atoms with Gasteiger partial charge in [0.15, 0.2) is 0 Å². The average molecular weight is 336 g/mol. The van der Waals surface area contributed by atoms with Crippen LogP contribution in [0.15, 0.2) is 34.9 Å². The summed E-state index contributed by atoms with van der Waals surface area (Å²) in [6.45, 7) is 1.76. The second-order valence-corrected chi connectivity index (χ2v) is 5.06. The number of carbonyl (C=O) groups is 1. The van der Waals surface area contributed by atoms with E-state index in [9.17, 15) is 4.79 Å². The van der Waals surface area contributed by atoms with Gasteiger partial charge in [-0.2, -0.15) is 0 Å². The lowest BCUT2D eigenvalue weighted by atomic mass is 10.1. The topological polar surface area (TPSA) is 77.2 Å². The summed E-state index contributed by atoms with van der Waals surface area (Å²) in [4.78, 5) is 16.3. The fraction of sp³-hybridized carbons (Fsp3) is 0.143. The Bertz CT molecular complexity index is 659. The molecule has 2 aromatic rings. The van der Waals surface area contributed by atoms with Crippen molar-refractivity contribution >= 4 is 33.2 Å². The Morgan fingerprint density at radius 3 is 2.80 bits per heavy atom. The molecule has 6 heteroatoms. The lowest BCUT2D eigenvalue weighted by Crippen LogP contribution is -2.14. The fourth-order valence-corrected chi connectivity index (χ4v) is 2.26. The Morgan fingerprint density at radius 2 is 2.15 bits per heavy atom. The van der Waals surface area contributed by atoms with Gasteiger partial charge in [0.05, 0.1) is 34.7 Å². The minimum atomic E-state index is -0.251. The number of carbonyl (C=O) groups excluding carboxylic acids is 1. The van der Waals surface area contributed by atoms with Crippen LogP contribution < -0.4 is 15.8 Å². The number of amides is 1. The maximum atomic E-state index is 12.2. The van der Waals surface area contributed by atoms with Crippen LogP contribution in [0.4, 0.5) is 11.4 Å². The minimum absolute atomic E-state index is 0.251. The first-order chi connectivity index (χ1) is 9.51. The molecule has 1 aromatic carbocycles. The number of aryl methyl sites for hydroxylation is 1. The number of hydrogen-bond acceptors (Lipinski definition) is 4. The number of nitrogens with two attached hydrogens (primary N) is 1. The highest BCUT2D eigenvalue weighted by Gasteiger charge is 2.11. The standard InChI is InChI=1S/C14H14BrN3O2/c1-8-11(5-9(16)7-17-8)14(19)18-10-3-4-13(20-2)12(15)6-10/h3-7H,16H2,1-2H3,(H,18,19). The molecule has 104 valence electrons. The molecule has 0 aliphatic rings. The van der Waals surface area contributed by atoms with E-state index in [2.05, 4.69) is 26.2 Å². The normalized spacial score (nSPS) is 10.2. The van der Waals surface area contributed by atoms with Crippen molar-refractivity contribution in [3.63, 3.8) is 0 Å². The summed E-state index contributed by atoms with van der Waals surface area (Å²) >= 11 is 3.37. The van der Waals surface area contributed by atoms with Crippen molar-refractivity contribution in [2.45, 2.75) is 6.92 Å². The average Bonchev–Trinajstić information content (AvgIpc) is 2.41. The molecule has 0 atom stereocenters. The van der Waals surface area contributed by atoms with Gasteiger partial charge >= 0.3 is 0 Å². The van der Waals surface area contributed by atoms with Crippen LogP contribution in [0.2, 0.25) is 0 Å². The van der Waals surface area contributed by atoms with E-state index in [4.69, 9.17) is 10.5 Å². The first-order valence-corrected chi connectivity index (χ1v) is 6.67. The van der Waals surface area contributed by atoms with E-state index in [1.165, 1.54) is 6.20 Å². The van der Waals surface area contributed by atoms with Crippen molar-refractivity contribution in [1.82, 2.24) is 4.98 Å². The molecular weight excluding hydrogens is 322 g/mol. The van der Waals surface area contributed by atoms with E-state index in [1.807, 2.05) is 0 Å². The summed E-state index contributed by atoms with van der Waals surface area (Å²) in [5, 5.41) is 2.80. The number of nitrogen functional groups attached to an aromatic ring is 1. The molecule has 20 heavy (non-hydrogen) atoms. The van der Waals surface area contributed by atoms with Gasteiger partial charge in [0.25, 0.3) is 5.91 Å². The van der Waals surface area contributed by atoms with Crippen molar-refractivity contribution in [1.29, 1.82) is 0 Å². The summed E-state index contributed by atoms with van der Waals surface area (Å²) in [5.74, 6) is 0.448. The Hall–Kier alpha value is -2.08. The number of pyridine rings is 1. The monoisotopic (exact) mass is 335 g/mol. The number of ether oxygens (including phenoxy) is 1. The van der Waals surface area contributed by atoms with E-state index in [1.54, 1.807) is 38.3 Å². The Kier molecular flexibility index (Phi) is 4.24. The van der Waals surface area contributed by atoms with Crippen molar-refractivity contribution in [3.05, 3.63) is 46.2 Å². The summed E-state index contributed by atoms with van der Waals surface area (Å²) < 4.78 is 5.90. The largest absolute Gasteiger partial charge is 0.496 e. The van der Waals surface area contributed by atoms with Crippen LogP contribution in [0.1, 0.15) is 16.1 Å². The van der Waals surface area contributed by atoms with E-state index in [-0.39, 0.29) is 5.91 Å². The number of nitrogens with one attached hydrogen (secondary N) is 1. The highest BCUT2D eigenvalue weighted by Crippen LogP contribution is 2.28. The van der Waals surface area contributed by atoms with Gasteiger partial charge in [-0.25, -0.2) is 0 Å². The summed E-state index contributed by atoms with van der Waals surface area (Å²) in [5.41, 5.74) is 7.85. The van der Waals surface area contributed by atoms with E-state index < -0.39 is 0 Å². The number of aromatic nitrogens is 1. The van der Waals surface area contributed by atoms with Crippen molar-refractivity contribution in [2.24, 2.45) is 0 Å². The first kappa shape index (κ1) is 14.3. The van der Waals surface area contributed by atoms with Crippen LogP contribution in [0.3, 0.4) is 0 Å². The third kappa shape index (κ3) is 3.08. The minimum Gasteiger partial charge on any atom is -0.496 e. The molecule has 2 rings (SSSR count). The number of rotatable bonds is 3. The smallest absolute Gasteiger partial charge is 0.257 e. The molecular formula is C14H14BrN3O2. The number of halogens is 1. The number of benzene rings is 1. The third-order valence-corrected chi connectivity index (χ3v) is 3.38. The van der Waals surface area contributed by atoms with Gasteiger partial charge < -0.3 is 15.8 Å². The highest BCUT2D eigenvalue weighted by atomic mass is 79.9. The van der Waals surface area contributed by atoms with Crippen LogP contribution in [-0.2, 0) is 0 Å². The molecule has 0 saturated carbocycles. The molecule has 1 aromatic heterocycles. The van der Waals surface area contributed by atoms with Crippen LogP contribution in [0.5, 0.6) is 5.75 Å². The molecule has 0 aliphatic carbocycles. The third-order valence-electron chi connectivity index (χ3n) is 2.76. The molecule has 0 bridgehead atoms. The van der Waals surface area contributed by atoms with Crippen LogP contribution in [0.25, 0.3) is 0 Å². The van der Waals surface area contributed by atoms with E-state index in [0.717, 1.165) is 4.47 Å². The molecule has 1 heterocycles. The number of anilines is 2. The molecule has 0 unspecified atom stereocenters. The molecule has 0 radical (unpaired) electrons. The number of nitrogens with zero attached hydrogens (tertiary/aromatic N) is 1. The quantitative estimate of drug-likeness (QED) is 0.903. The van der Waals surface area contributed by atoms with Gasteiger partial charge in [-0.3, -0.25) is 9.78 Å². The van der Waals surface area contributed by atoms with Crippen LogP contribution >= 0.6 is 15.9 Å². The van der Waals surface area contributed by atoms with Gasteiger partial charge in [-0.1, -0.05) is 0 Å². The lowest BCUT2D eigenvalue weighted by molar-refractivity contribution is 0.102. The molecule has 5 nitrogen and oxygen atoms in total. The zero-order valence-electron chi connectivity index (χ0n) is 11.1. The Labute approximate surface area is 125 Å². The molecule has 0 aliphatic heterocycles. The SMILES string of the molecule is COc1ccc(NC(=O)c2cc(N)cnc2C)cc1Br. The first-order valence-electron chi connectivity index (χ1n) is 5.88. The maximum Gasteiger partial charge on any atom is 0.257 e. The van der Waals surface area contributed by atoms with Gasteiger partial charge in [-0.05, 0) is 47.1 Å². The van der Waals surface area contributed by atoms with E-state index >= 15 is 0 Å². The summed E-state index contributed by atoms with van der Waals surface area (Å²) in [6.07, 6.45) is 1.52. The molecule has 0 spiro atoms. The predicted molar refractivity (Wildman–Crippen MR) is 82.0 cm³/mol. The number of methoxy groups -OCH3 is 1. The van der Waals surface area contributed by atoms with Crippen LogP contribution in [0, 0.1) is 6.92 Å². The van der Waals surface area contributed by atoms with E-state index in [0.29, 0.717) is 28.4 Å². The zero-order chi connectivity index (χ0) is 14.7. The summed E-state index contributed by atoms with van der Waals surface area (Å²) in [7, 11) is 1.58. The molecule has 0 saturated heterocycles. The van der Waals surface area contributed by atoms with Crippen molar-refractivity contribution in [3.8, 4) is 5.75 Å². The highest BCUT2D eigenvalue weighted by molar-refractivity contribution is 9.10. The Balaban J connectivity index is 2.23. The number of hydrogen-bond donors (Lipinski definition) is 2. The molecule has 0 fully saturated rings. The Morgan fingerprint density at radius 1 is 1.40 bits per heavy atom. The maximum absolute atomic E-state index is 12.2. The van der Waals surface area contributed by atoms with Gasteiger partial charge in [0.2, 0.25) is 0 Å². The van der Waals surface area contributed by atoms with Crippen molar-refractivity contribution in [2.75, 3.05) is 18.2 Å². The van der Waals surface area contributed by atoms with Crippen LogP contribution in [-0.4, -0.2) is 18.0 Å². The zero-order valence-corrected chi connectivity index (χ0v) is 12.7. The fourth-order valence-electron chi connectivity index (χ4n) is 1.72. The second kappa shape index (κ2) is 5.92. The van der Waals surface area contributed by atoms with Gasteiger partial charge in [0, 0.05) is 5.69 Å². The molecule has 1 amide bonds. The predicted octanol–water partition coefficient (Wildman–Crippen LogP) is 3.00. The van der Waals surface area contributed by atoms with Crippen molar-refractivity contribution < 1.29 is 9.53 Å². The lowest BCUT2D eigenvalue weighted by Gasteiger charge is -2.09. The van der Waals surface area contributed by atoms with Gasteiger partial charge in [0.1, 0.15) is 5.75 Å². The molecule has 3 N–H and O–H groups in total. The summed E-state index contributed by atoms with van der Waals surface area (Å²) in [6, 6.07) is 6.91. The second-order valence-electron chi connectivity index (χ2n) is 4.21.